The highest BCUT2D eigenvalue weighted by Gasteiger charge is 2.21. The summed E-state index contributed by atoms with van der Waals surface area (Å²) in [5.74, 6) is 0.732. The number of carbonyl (C=O) groups is 1. The summed E-state index contributed by atoms with van der Waals surface area (Å²) in [6.45, 7) is 2.29. The number of rotatable bonds is 3. The minimum absolute atomic E-state index is 0.0502. The van der Waals surface area contributed by atoms with Gasteiger partial charge >= 0.3 is 0 Å². The molecule has 0 heterocycles. The highest BCUT2D eigenvalue weighted by molar-refractivity contribution is 5.83. The molecule has 19 heavy (non-hydrogen) atoms. The molecule has 0 bridgehead atoms. The SMILES string of the molecule is CC1CCCC(NC(=O)C(N)c2ccccc2)CC1. The van der Waals surface area contributed by atoms with Gasteiger partial charge in [0.25, 0.3) is 0 Å². The molecule has 0 radical (unpaired) electrons. The zero-order valence-corrected chi connectivity index (χ0v) is 11.6. The molecule has 1 aliphatic rings. The Morgan fingerprint density at radius 3 is 2.68 bits per heavy atom. The Hall–Kier alpha value is -1.35. The zero-order valence-electron chi connectivity index (χ0n) is 11.6. The van der Waals surface area contributed by atoms with Crippen LogP contribution in [-0.4, -0.2) is 11.9 Å². The van der Waals surface area contributed by atoms with Crippen LogP contribution in [0.1, 0.15) is 50.6 Å². The standard InChI is InChI=1S/C16H24N2O/c1-12-6-5-9-14(11-10-12)18-16(19)15(17)13-7-3-2-4-8-13/h2-4,7-8,12,14-15H,5-6,9-11,17H2,1H3,(H,18,19). The first kappa shape index (κ1) is 14.1. The number of benzene rings is 1. The minimum Gasteiger partial charge on any atom is -0.352 e. The van der Waals surface area contributed by atoms with E-state index in [9.17, 15) is 4.79 Å². The lowest BCUT2D eigenvalue weighted by Gasteiger charge is -2.19. The van der Waals surface area contributed by atoms with Crippen molar-refractivity contribution in [3.8, 4) is 0 Å². The molecule has 1 aromatic rings. The zero-order chi connectivity index (χ0) is 13.7. The number of nitrogens with two attached hydrogens (primary N) is 1. The summed E-state index contributed by atoms with van der Waals surface area (Å²) in [6.07, 6.45) is 5.83. The molecule has 1 aliphatic carbocycles. The maximum atomic E-state index is 12.2. The van der Waals surface area contributed by atoms with Crippen molar-refractivity contribution in [2.24, 2.45) is 11.7 Å². The van der Waals surface area contributed by atoms with Crippen molar-refractivity contribution >= 4 is 5.91 Å². The summed E-state index contributed by atoms with van der Waals surface area (Å²) < 4.78 is 0. The predicted octanol–water partition coefficient (Wildman–Crippen LogP) is 2.77. The smallest absolute Gasteiger partial charge is 0.241 e. The van der Waals surface area contributed by atoms with E-state index in [1.807, 2.05) is 30.3 Å². The van der Waals surface area contributed by atoms with Crippen LogP contribution >= 0.6 is 0 Å². The number of hydrogen-bond donors (Lipinski definition) is 2. The largest absolute Gasteiger partial charge is 0.352 e. The molecule has 3 heteroatoms. The van der Waals surface area contributed by atoms with Crippen LogP contribution in [0.2, 0.25) is 0 Å². The Morgan fingerprint density at radius 1 is 1.21 bits per heavy atom. The average Bonchev–Trinajstić information content (AvgIpc) is 2.64. The van der Waals surface area contributed by atoms with Gasteiger partial charge in [-0.1, -0.05) is 50.1 Å². The molecule has 1 amide bonds. The normalized spacial score (nSPS) is 25.4. The third-order valence-electron chi connectivity index (χ3n) is 4.04. The van der Waals surface area contributed by atoms with Crippen LogP contribution in [0.3, 0.4) is 0 Å². The Labute approximate surface area is 115 Å². The molecule has 1 fully saturated rings. The summed E-state index contributed by atoms with van der Waals surface area (Å²) >= 11 is 0. The molecule has 0 saturated heterocycles. The van der Waals surface area contributed by atoms with Crippen molar-refractivity contribution in [3.63, 3.8) is 0 Å². The van der Waals surface area contributed by atoms with Crippen LogP contribution in [0.4, 0.5) is 0 Å². The Balaban J connectivity index is 1.90. The van der Waals surface area contributed by atoms with Crippen LogP contribution in [-0.2, 0) is 4.79 Å². The molecular weight excluding hydrogens is 236 g/mol. The van der Waals surface area contributed by atoms with E-state index in [1.54, 1.807) is 0 Å². The summed E-state index contributed by atoms with van der Waals surface area (Å²) in [5.41, 5.74) is 6.89. The van der Waals surface area contributed by atoms with E-state index in [0.717, 1.165) is 24.3 Å². The van der Waals surface area contributed by atoms with Gasteiger partial charge < -0.3 is 11.1 Å². The second kappa shape index (κ2) is 6.71. The van der Waals surface area contributed by atoms with Gasteiger partial charge in [-0.3, -0.25) is 4.79 Å². The first-order chi connectivity index (χ1) is 9.16. The summed E-state index contributed by atoms with van der Waals surface area (Å²) in [6, 6.07) is 9.31. The summed E-state index contributed by atoms with van der Waals surface area (Å²) in [7, 11) is 0. The van der Waals surface area contributed by atoms with E-state index in [-0.39, 0.29) is 5.91 Å². The maximum absolute atomic E-state index is 12.2. The number of amides is 1. The van der Waals surface area contributed by atoms with Crippen LogP contribution < -0.4 is 11.1 Å². The number of hydrogen-bond acceptors (Lipinski definition) is 2. The third kappa shape index (κ3) is 4.06. The van der Waals surface area contributed by atoms with Crippen molar-refractivity contribution in [1.29, 1.82) is 0 Å². The molecule has 1 saturated carbocycles. The monoisotopic (exact) mass is 260 g/mol. The molecular formula is C16H24N2O. The average molecular weight is 260 g/mol. The number of carbonyl (C=O) groups excluding carboxylic acids is 1. The molecule has 104 valence electrons. The van der Waals surface area contributed by atoms with Gasteiger partial charge in [-0.15, -0.1) is 0 Å². The van der Waals surface area contributed by atoms with E-state index in [0.29, 0.717) is 6.04 Å². The van der Waals surface area contributed by atoms with Crippen LogP contribution in [0.5, 0.6) is 0 Å². The fourth-order valence-electron chi connectivity index (χ4n) is 2.73. The molecule has 0 aromatic heterocycles. The van der Waals surface area contributed by atoms with Crippen molar-refractivity contribution in [1.82, 2.24) is 5.32 Å². The van der Waals surface area contributed by atoms with Gasteiger partial charge in [0, 0.05) is 6.04 Å². The highest BCUT2D eigenvalue weighted by Crippen LogP contribution is 2.23. The molecule has 0 spiro atoms. The van der Waals surface area contributed by atoms with Gasteiger partial charge in [0.15, 0.2) is 0 Å². The fourth-order valence-corrected chi connectivity index (χ4v) is 2.73. The van der Waals surface area contributed by atoms with Crippen LogP contribution in [0.15, 0.2) is 30.3 Å². The number of nitrogens with one attached hydrogen (secondary N) is 1. The van der Waals surface area contributed by atoms with Gasteiger partial charge in [-0.05, 0) is 30.7 Å². The molecule has 1 aromatic carbocycles. The second-order valence-electron chi connectivity index (χ2n) is 5.71. The van der Waals surface area contributed by atoms with Crippen molar-refractivity contribution in [2.45, 2.75) is 51.1 Å². The maximum Gasteiger partial charge on any atom is 0.241 e. The van der Waals surface area contributed by atoms with Gasteiger partial charge in [-0.25, -0.2) is 0 Å². The van der Waals surface area contributed by atoms with Crippen LogP contribution in [0.25, 0.3) is 0 Å². The fraction of sp³-hybridized carbons (Fsp3) is 0.562. The van der Waals surface area contributed by atoms with Gasteiger partial charge in [0.1, 0.15) is 6.04 Å². The lowest BCUT2D eigenvalue weighted by molar-refractivity contribution is -0.123. The summed E-state index contributed by atoms with van der Waals surface area (Å²) in [5, 5.41) is 3.11. The Morgan fingerprint density at radius 2 is 1.95 bits per heavy atom. The quantitative estimate of drug-likeness (QED) is 0.821. The van der Waals surface area contributed by atoms with Crippen molar-refractivity contribution in [3.05, 3.63) is 35.9 Å². The van der Waals surface area contributed by atoms with Crippen LogP contribution in [0, 0.1) is 5.92 Å². The lowest BCUT2D eigenvalue weighted by atomic mass is 10.0. The molecule has 3 atom stereocenters. The van der Waals surface area contributed by atoms with E-state index in [4.69, 9.17) is 5.73 Å². The van der Waals surface area contributed by atoms with Gasteiger partial charge in [0.2, 0.25) is 5.91 Å². The molecule has 3 nitrogen and oxygen atoms in total. The Bertz CT molecular complexity index is 404. The second-order valence-corrected chi connectivity index (χ2v) is 5.71. The minimum atomic E-state index is -0.554. The first-order valence-corrected chi connectivity index (χ1v) is 7.27. The lowest BCUT2D eigenvalue weighted by Crippen LogP contribution is -2.40. The van der Waals surface area contributed by atoms with E-state index < -0.39 is 6.04 Å². The van der Waals surface area contributed by atoms with E-state index >= 15 is 0 Å². The molecule has 3 unspecified atom stereocenters. The molecule has 0 aliphatic heterocycles. The molecule has 2 rings (SSSR count). The van der Waals surface area contributed by atoms with Gasteiger partial charge in [0.05, 0.1) is 0 Å². The Kier molecular flexibility index (Phi) is 4.97. The predicted molar refractivity (Wildman–Crippen MR) is 77.6 cm³/mol. The van der Waals surface area contributed by atoms with Gasteiger partial charge in [-0.2, -0.15) is 0 Å². The topological polar surface area (TPSA) is 55.1 Å². The van der Waals surface area contributed by atoms with Crippen molar-refractivity contribution < 1.29 is 4.79 Å². The van der Waals surface area contributed by atoms with E-state index in [1.165, 1.54) is 19.3 Å². The van der Waals surface area contributed by atoms with E-state index in [2.05, 4.69) is 12.2 Å². The summed E-state index contributed by atoms with van der Waals surface area (Å²) in [4.78, 5) is 12.2. The first-order valence-electron chi connectivity index (χ1n) is 7.27. The molecule has 3 N–H and O–H groups in total. The van der Waals surface area contributed by atoms with Crippen molar-refractivity contribution in [2.75, 3.05) is 0 Å². The third-order valence-corrected chi connectivity index (χ3v) is 4.04. The highest BCUT2D eigenvalue weighted by atomic mass is 16.2.